The highest BCUT2D eigenvalue weighted by atomic mass is 19.4. The predicted molar refractivity (Wildman–Crippen MR) is 78.6 cm³/mol. The first-order valence-corrected chi connectivity index (χ1v) is 7.86. The molecular weight excluding hydrogens is 307 g/mol. The first kappa shape index (κ1) is 16.0. The van der Waals surface area contributed by atoms with Crippen LogP contribution in [0.15, 0.2) is 24.3 Å². The summed E-state index contributed by atoms with van der Waals surface area (Å²) < 4.78 is 38.1. The number of alkyl halides is 3. The molecule has 0 radical (unpaired) electrons. The fraction of sp³-hybridized carbons (Fsp3) is 0.529. The smallest absolute Gasteiger partial charge is 0.326 e. The summed E-state index contributed by atoms with van der Waals surface area (Å²) in [5.41, 5.74) is -0.641. The van der Waals surface area contributed by atoms with Crippen molar-refractivity contribution < 1.29 is 22.8 Å². The molecule has 0 heterocycles. The summed E-state index contributed by atoms with van der Waals surface area (Å²) >= 11 is 0. The Morgan fingerprint density at radius 2 is 1.78 bits per heavy atom. The molecule has 2 bridgehead atoms. The maximum Gasteiger partial charge on any atom is 0.416 e. The van der Waals surface area contributed by atoms with Gasteiger partial charge in [0, 0.05) is 23.4 Å². The van der Waals surface area contributed by atoms with Crippen molar-refractivity contribution >= 4 is 17.4 Å². The summed E-state index contributed by atoms with van der Waals surface area (Å²) in [5, 5.41) is 2.58. The molecule has 1 N–H and O–H groups in total. The molecule has 2 fully saturated rings. The van der Waals surface area contributed by atoms with Crippen molar-refractivity contribution in [1.29, 1.82) is 0 Å². The van der Waals surface area contributed by atoms with E-state index in [0.717, 1.165) is 31.4 Å². The van der Waals surface area contributed by atoms with E-state index in [1.807, 2.05) is 0 Å². The average Bonchev–Trinajstić information content (AvgIpc) is 2.46. The highest BCUT2D eigenvalue weighted by Gasteiger charge is 2.41. The second kappa shape index (κ2) is 5.98. The molecule has 6 heteroatoms. The van der Waals surface area contributed by atoms with Crippen LogP contribution in [0.25, 0.3) is 0 Å². The van der Waals surface area contributed by atoms with Crippen molar-refractivity contribution in [2.45, 2.75) is 38.3 Å². The molecule has 1 aromatic carbocycles. The fourth-order valence-electron chi connectivity index (χ4n) is 3.71. The minimum absolute atomic E-state index is 0.0558. The maximum absolute atomic E-state index is 12.7. The predicted octanol–water partition coefficient (Wildman–Crippen LogP) is 4.04. The van der Waals surface area contributed by atoms with Gasteiger partial charge in [-0.2, -0.15) is 13.2 Å². The Bertz CT molecular complexity index is 611. The number of ketones is 1. The van der Waals surface area contributed by atoms with Crippen LogP contribution < -0.4 is 5.32 Å². The van der Waals surface area contributed by atoms with E-state index in [1.165, 1.54) is 12.1 Å². The van der Waals surface area contributed by atoms with E-state index >= 15 is 0 Å². The van der Waals surface area contributed by atoms with Crippen molar-refractivity contribution in [2.75, 3.05) is 5.32 Å². The summed E-state index contributed by atoms with van der Waals surface area (Å²) in [4.78, 5) is 24.4. The minimum atomic E-state index is -4.44. The molecule has 124 valence electrons. The number of carbonyl (C=O) groups is 2. The van der Waals surface area contributed by atoms with E-state index in [2.05, 4.69) is 5.32 Å². The molecular formula is C17H18F3NO2. The standard InChI is InChI=1S/C17H18F3NO2/c18-17(19,20)13-5-2-6-14(9-13)21-16(23)12-7-10-3-1-4-11(8-12)15(10)22/h2,5-6,9-12H,1,3-4,7-8H2,(H,21,23)/t10-,11-/m1/s1. The maximum atomic E-state index is 12.7. The number of rotatable bonds is 2. The zero-order valence-electron chi connectivity index (χ0n) is 12.5. The molecule has 0 saturated heterocycles. The Kier molecular flexibility index (Phi) is 4.17. The Balaban J connectivity index is 1.69. The highest BCUT2D eigenvalue weighted by molar-refractivity contribution is 5.95. The van der Waals surface area contributed by atoms with Crippen LogP contribution in [0.3, 0.4) is 0 Å². The van der Waals surface area contributed by atoms with Gasteiger partial charge >= 0.3 is 6.18 Å². The number of Topliss-reactive ketones (excluding diaryl/α,β-unsaturated/α-hetero) is 1. The van der Waals surface area contributed by atoms with Gasteiger partial charge in [-0.3, -0.25) is 9.59 Å². The van der Waals surface area contributed by atoms with E-state index in [0.29, 0.717) is 12.8 Å². The Labute approximate surface area is 132 Å². The van der Waals surface area contributed by atoms with Gasteiger partial charge in [-0.05, 0) is 43.9 Å². The number of anilines is 1. The van der Waals surface area contributed by atoms with Crippen LogP contribution in [-0.2, 0) is 15.8 Å². The van der Waals surface area contributed by atoms with Crippen LogP contribution in [0, 0.1) is 17.8 Å². The lowest BCUT2D eigenvalue weighted by Crippen LogP contribution is -2.40. The van der Waals surface area contributed by atoms with Crippen LogP contribution in [0.4, 0.5) is 18.9 Å². The number of carbonyl (C=O) groups excluding carboxylic acids is 2. The second-order valence-electron chi connectivity index (χ2n) is 6.46. The molecule has 0 spiro atoms. The first-order valence-electron chi connectivity index (χ1n) is 7.86. The van der Waals surface area contributed by atoms with Gasteiger partial charge in [-0.1, -0.05) is 12.5 Å². The lowest BCUT2D eigenvalue weighted by atomic mass is 9.67. The second-order valence-corrected chi connectivity index (χ2v) is 6.46. The number of hydrogen-bond acceptors (Lipinski definition) is 2. The van der Waals surface area contributed by atoms with Gasteiger partial charge in [0.2, 0.25) is 5.91 Å². The topological polar surface area (TPSA) is 46.2 Å². The lowest BCUT2D eigenvalue weighted by molar-refractivity contribution is -0.138. The van der Waals surface area contributed by atoms with Gasteiger partial charge in [-0.15, -0.1) is 0 Å². The molecule has 0 unspecified atom stereocenters. The number of fused-ring (bicyclic) bond motifs is 2. The van der Waals surface area contributed by atoms with Gasteiger partial charge in [-0.25, -0.2) is 0 Å². The van der Waals surface area contributed by atoms with Crippen molar-refractivity contribution in [2.24, 2.45) is 17.8 Å². The highest BCUT2D eigenvalue weighted by Crippen LogP contribution is 2.40. The van der Waals surface area contributed by atoms with Crippen LogP contribution in [0.1, 0.15) is 37.7 Å². The first-order chi connectivity index (χ1) is 10.8. The largest absolute Gasteiger partial charge is 0.416 e. The summed E-state index contributed by atoms with van der Waals surface area (Å²) in [6, 6.07) is 4.63. The quantitative estimate of drug-likeness (QED) is 0.892. The Morgan fingerprint density at radius 3 is 2.39 bits per heavy atom. The molecule has 0 aromatic heterocycles. The molecule has 1 amide bonds. The monoisotopic (exact) mass is 325 g/mol. The lowest BCUT2D eigenvalue weighted by Gasteiger charge is -2.36. The molecule has 2 aliphatic rings. The number of halogens is 3. The molecule has 3 rings (SSSR count). The van der Waals surface area contributed by atoms with Crippen molar-refractivity contribution in [1.82, 2.24) is 0 Å². The number of hydrogen-bond donors (Lipinski definition) is 1. The molecule has 2 atom stereocenters. The zero-order chi connectivity index (χ0) is 16.6. The summed E-state index contributed by atoms with van der Waals surface area (Å²) in [7, 11) is 0. The van der Waals surface area contributed by atoms with E-state index < -0.39 is 11.7 Å². The molecule has 0 aliphatic heterocycles. The average molecular weight is 325 g/mol. The zero-order valence-corrected chi connectivity index (χ0v) is 12.5. The third-order valence-electron chi connectivity index (χ3n) is 4.88. The minimum Gasteiger partial charge on any atom is -0.326 e. The fourth-order valence-corrected chi connectivity index (χ4v) is 3.71. The van der Waals surface area contributed by atoms with Crippen molar-refractivity contribution in [3.8, 4) is 0 Å². The molecule has 3 nitrogen and oxygen atoms in total. The van der Waals surface area contributed by atoms with E-state index in [4.69, 9.17) is 0 Å². The van der Waals surface area contributed by atoms with Crippen LogP contribution in [-0.4, -0.2) is 11.7 Å². The van der Waals surface area contributed by atoms with Gasteiger partial charge in [0.25, 0.3) is 0 Å². The molecule has 2 saturated carbocycles. The van der Waals surface area contributed by atoms with Crippen LogP contribution in [0.5, 0.6) is 0 Å². The number of amides is 1. The number of benzene rings is 1. The van der Waals surface area contributed by atoms with Crippen LogP contribution >= 0.6 is 0 Å². The van der Waals surface area contributed by atoms with E-state index in [9.17, 15) is 22.8 Å². The number of nitrogens with one attached hydrogen (secondary N) is 1. The Morgan fingerprint density at radius 1 is 1.13 bits per heavy atom. The van der Waals surface area contributed by atoms with Gasteiger partial charge < -0.3 is 5.32 Å². The van der Waals surface area contributed by atoms with Gasteiger partial charge in [0.1, 0.15) is 5.78 Å². The third-order valence-corrected chi connectivity index (χ3v) is 4.88. The SMILES string of the molecule is O=C(Nc1cccc(C(F)(F)F)c1)C1C[C@H]2CCC[C@H](C1)C2=O. The summed E-state index contributed by atoms with van der Waals surface area (Å²) in [5.74, 6) is -0.426. The third kappa shape index (κ3) is 3.41. The molecule has 2 aliphatic carbocycles. The van der Waals surface area contributed by atoms with E-state index in [-0.39, 0.29) is 35.1 Å². The van der Waals surface area contributed by atoms with E-state index in [1.54, 1.807) is 0 Å². The molecule has 1 aromatic rings. The van der Waals surface area contributed by atoms with Crippen LogP contribution in [0.2, 0.25) is 0 Å². The summed E-state index contributed by atoms with van der Waals surface area (Å²) in [6.07, 6.45) is -0.746. The van der Waals surface area contributed by atoms with Crippen molar-refractivity contribution in [3.05, 3.63) is 29.8 Å². The summed E-state index contributed by atoms with van der Waals surface area (Å²) in [6.45, 7) is 0. The Hall–Kier alpha value is -1.85. The van der Waals surface area contributed by atoms with Gasteiger partial charge in [0.05, 0.1) is 5.56 Å². The van der Waals surface area contributed by atoms with Gasteiger partial charge in [0.15, 0.2) is 0 Å². The normalized spacial score (nSPS) is 27.6. The molecule has 23 heavy (non-hydrogen) atoms. The van der Waals surface area contributed by atoms with Crippen molar-refractivity contribution in [3.63, 3.8) is 0 Å².